The van der Waals surface area contributed by atoms with Gasteiger partial charge >= 0.3 is 0 Å². The van der Waals surface area contributed by atoms with Crippen molar-refractivity contribution in [3.8, 4) is 0 Å². The van der Waals surface area contributed by atoms with E-state index in [0.717, 1.165) is 19.9 Å². The van der Waals surface area contributed by atoms with Crippen LogP contribution in [0.25, 0.3) is 0 Å². The number of halogens is 1. The number of rotatable bonds is 4. The van der Waals surface area contributed by atoms with Crippen molar-refractivity contribution < 1.29 is 5.11 Å². The zero-order valence-corrected chi connectivity index (χ0v) is 12.3. The Morgan fingerprint density at radius 1 is 1.39 bits per heavy atom. The van der Waals surface area contributed by atoms with Crippen molar-refractivity contribution in [3.63, 3.8) is 0 Å². The average molecular weight is 302 g/mol. The van der Waals surface area contributed by atoms with E-state index in [1.165, 1.54) is 23.1 Å². The summed E-state index contributed by atoms with van der Waals surface area (Å²) >= 11 is 8.93. The van der Waals surface area contributed by atoms with Gasteiger partial charge in [-0.15, -0.1) is 10.2 Å². The van der Waals surface area contributed by atoms with Gasteiger partial charge in [-0.2, -0.15) is 0 Å². The zero-order valence-electron chi connectivity index (χ0n) is 9.92. The quantitative estimate of drug-likeness (QED) is 0.941. The molecule has 0 radical (unpaired) electrons. The molecule has 4 nitrogen and oxygen atoms in total. The lowest BCUT2D eigenvalue weighted by Crippen LogP contribution is -2.07. The fourth-order valence-electron chi connectivity index (χ4n) is 1.27. The van der Waals surface area contributed by atoms with E-state index in [1.54, 1.807) is 6.07 Å². The summed E-state index contributed by atoms with van der Waals surface area (Å²) in [7, 11) is 3.85. The summed E-state index contributed by atoms with van der Waals surface area (Å²) < 4.78 is 0.829. The summed E-state index contributed by atoms with van der Waals surface area (Å²) in [5, 5.41) is 19.0. The van der Waals surface area contributed by atoms with Crippen molar-refractivity contribution in [2.24, 2.45) is 0 Å². The van der Waals surface area contributed by atoms with Gasteiger partial charge in [-0.1, -0.05) is 40.8 Å². The molecule has 0 aliphatic carbocycles. The van der Waals surface area contributed by atoms with Gasteiger partial charge < -0.3 is 10.0 Å². The van der Waals surface area contributed by atoms with E-state index in [9.17, 15) is 5.11 Å². The van der Waals surface area contributed by atoms with Gasteiger partial charge in [0.25, 0.3) is 0 Å². The number of aromatic nitrogens is 2. The van der Waals surface area contributed by atoms with Gasteiger partial charge in [0.2, 0.25) is 5.13 Å². The molecule has 7 heteroatoms. The third-order valence-electron chi connectivity index (χ3n) is 2.18. The van der Waals surface area contributed by atoms with Crippen LogP contribution in [0.4, 0.5) is 5.13 Å². The second kappa shape index (κ2) is 5.88. The summed E-state index contributed by atoms with van der Waals surface area (Å²) in [6.07, 6.45) is 0. The van der Waals surface area contributed by atoms with E-state index in [4.69, 9.17) is 11.6 Å². The smallest absolute Gasteiger partial charge is 0.208 e. The number of hydrogen-bond donors (Lipinski definition) is 1. The number of hydrogen-bond acceptors (Lipinski definition) is 6. The molecule has 0 atom stereocenters. The third-order valence-corrected chi connectivity index (χ3v) is 4.65. The van der Waals surface area contributed by atoms with Gasteiger partial charge in [0.05, 0.1) is 6.61 Å². The average Bonchev–Trinajstić information content (AvgIpc) is 2.78. The van der Waals surface area contributed by atoms with E-state index in [1.807, 2.05) is 31.1 Å². The Bertz CT molecular complexity index is 545. The van der Waals surface area contributed by atoms with E-state index < -0.39 is 0 Å². The SMILES string of the molecule is CN(C)c1nnc(Sc2cc(Cl)ccc2CO)s1. The van der Waals surface area contributed by atoms with Crippen LogP contribution in [-0.2, 0) is 6.61 Å². The van der Waals surface area contributed by atoms with Crippen LogP contribution in [0.15, 0.2) is 27.4 Å². The van der Waals surface area contributed by atoms with Crippen molar-refractivity contribution in [1.29, 1.82) is 0 Å². The monoisotopic (exact) mass is 301 g/mol. The summed E-state index contributed by atoms with van der Waals surface area (Å²) in [6.45, 7) is -0.0150. The molecule has 0 amide bonds. The molecule has 0 fully saturated rings. The highest BCUT2D eigenvalue weighted by Crippen LogP contribution is 2.35. The minimum atomic E-state index is -0.0150. The van der Waals surface area contributed by atoms with Crippen LogP contribution in [0.3, 0.4) is 0 Å². The van der Waals surface area contributed by atoms with Crippen LogP contribution in [0, 0.1) is 0 Å². The Kier molecular flexibility index (Phi) is 4.45. The number of nitrogens with zero attached hydrogens (tertiary/aromatic N) is 3. The second-order valence-electron chi connectivity index (χ2n) is 3.76. The first kappa shape index (κ1) is 13.6. The molecule has 0 aliphatic rings. The molecule has 0 unspecified atom stereocenters. The fourth-order valence-corrected chi connectivity index (χ4v) is 3.39. The molecule has 0 saturated carbocycles. The van der Waals surface area contributed by atoms with E-state index in [0.29, 0.717) is 5.02 Å². The first-order valence-corrected chi connectivity index (χ1v) is 7.19. The highest BCUT2D eigenvalue weighted by molar-refractivity contribution is 8.01. The predicted molar refractivity (Wildman–Crippen MR) is 75.7 cm³/mol. The summed E-state index contributed by atoms with van der Waals surface area (Å²) in [5.41, 5.74) is 0.839. The molecule has 0 aliphatic heterocycles. The van der Waals surface area contributed by atoms with Crippen LogP contribution in [0.1, 0.15) is 5.56 Å². The predicted octanol–water partition coefficient (Wildman–Crippen LogP) is 2.90. The highest BCUT2D eigenvalue weighted by Gasteiger charge is 2.10. The highest BCUT2D eigenvalue weighted by atomic mass is 35.5. The lowest BCUT2D eigenvalue weighted by atomic mass is 10.2. The zero-order chi connectivity index (χ0) is 13.1. The molecule has 18 heavy (non-hydrogen) atoms. The maximum atomic E-state index is 9.28. The number of benzene rings is 1. The molecule has 0 spiro atoms. The molecule has 1 heterocycles. The van der Waals surface area contributed by atoms with Crippen molar-refractivity contribution in [1.82, 2.24) is 10.2 Å². The molecule has 0 bridgehead atoms. The van der Waals surface area contributed by atoms with Crippen molar-refractivity contribution in [3.05, 3.63) is 28.8 Å². The summed E-state index contributed by atoms with van der Waals surface area (Å²) in [5.74, 6) is 0. The van der Waals surface area contributed by atoms with Crippen LogP contribution in [-0.4, -0.2) is 29.4 Å². The molecule has 96 valence electrons. The molecule has 1 N–H and O–H groups in total. The number of aliphatic hydroxyl groups excluding tert-OH is 1. The lowest BCUT2D eigenvalue weighted by Gasteiger charge is -2.05. The number of anilines is 1. The minimum Gasteiger partial charge on any atom is -0.392 e. The minimum absolute atomic E-state index is 0.0150. The van der Waals surface area contributed by atoms with Crippen LogP contribution < -0.4 is 4.90 Å². The molecular formula is C11H12ClN3OS2. The Morgan fingerprint density at radius 3 is 2.78 bits per heavy atom. The largest absolute Gasteiger partial charge is 0.392 e. The topological polar surface area (TPSA) is 49.2 Å². The first-order valence-electron chi connectivity index (χ1n) is 5.18. The molecular weight excluding hydrogens is 290 g/mol. The maximum Gasteiger partial charge on any atom is 0.208 e. The number of aliphatic hydroxyl groups is 1. The maximum absolute atomic E-state index is 9.28. The first-order chi connectivity index (χ1) is 8.60. The Labute approximate surface area is 119 Å². The molecule has 2 aromatic rings. The van der Waals surface area contributed by atoms with Gasteiger partial charge in [-0.3, -0.25) is 0 Å². The van der Waals surface area contributed by atoms with E-state index in [2.05, 4.69) is 10.2 Å². The molecule has 2 rings (SSSR count). The summed E-state index contributed by atoms with van der Waals surface area (Å²) in [6, 6.07) is 5.41. The third kappa shape index (κ3) is 3.14. The van der Waals surface area contributed by atoms with Gasteiger partial charge in [0, 0.05) is 24.0 Å². The lowest BCUT2D eigenvalue weighted by molar-refractivity contribution is 0.279. The fraction of sp³-hybridized carbons (Fsp3) is 0.273. The Morgan fingerprint density at radius 2 is 2.17 bits per heavy atom. The summed E-state index contributed by atoms with van der Waals surface area (Å²) in [4.78, 5) is 2.82. The molecule has 0 saturated heterocycles. The van der Waals surface area contributed by atoms with Gasteiger partial charge in [0.15, 0.2) is 4.34 Å². The Balaban J connectivity index is 2.24. The second-order valence-corrected chi connectivity index (χ2v) is 6.44. The molecule has 1 aromatic heterocycles. The normalized spacial score (nSPS) is 10.7. The van der Waals surface area contributed by atoms with Crippen molar-refractivity contribution >= 4 is 39.8 Å². The van der Waals surface area contributed by atoms with Gasteiger partial charge in [-0.05, 0) is 17.7 Å². The van der Waals surface area contributed by atoms with Crippen molar-refractivity contribution in [2.45, 2.75) is 15.8 Å². The van der Waals surface area contributed by atoms with E-state index in [-0.39, 0.29) is 6.61 Å². The van der Waals surface area contributed by atoms with Crippen LogP contribution in [0.5, 0.6) is 0 Å². The Hall–Kier alpha value is -0.820. The van der Waals surface area contributed by atoms with E-state index >= 15 is 0 Å². The van der Waals surface area contributed by atoms with Crippen molar-refractivity contribution in [2.75, 3.05) is 19.0 Å². The van der Waals surface area contributed by atoms with Crippen LogP contribution in [0.2, 0.25) is 5.02 Å². The standard InChI is InChI=1S/C11H12ClN3OS2/c1-15(2)10-13-14-11(18-10)17-9-5-8(12)4-3-7(9)6-16/h3-5,16H,6H2,1-2H3. The van der Waals surface area contributed by atoms with Gasteiger partial charge in [0.1, 0.15) is 0 Å². The van der Waals surface area contributed by atoms with Gasteiger partial charge in [-0.25, -0.2) is 0 Å². The molecule has 1 aromatic carbocycles. The van der Waals surface area contributed by atoms with Crippen LogP contribution >= 0.6 is 34.7 Å².